The molecule has 0 aliphatic carbocycles. The Morgan fingerprint density at radius 1 is 1.20 bits per heavy atom. The molecule has 0 aliphatic rings. The summed E-state index contributed by atoms with van der Waals surface area (Å²) in [5, 5.41) is 3.03. The molecule has 7 heteroatoms. The average Bonchev–Trinajstić information content (AvgIpc) is 2.46. The van der Waals surface area contributed by atoms with E-state index in [2.05, 4.69) is 5.32 Å². The summed E-state index contributed by atoms with van der Waals surface area (Å²) in [6.45, 7) is 1.56. The number of hydrogen-bond acceptors (Lipinski definition) is 5. The van der Waals surface area contributed by atoms with E-state index in [1.54, 1.807) is 25.3 Å². The first-order valence-corrected chi connectivity index (χ1v) is 6.42. The van der Waals surface area contributed by atoms with E-state index >= 15 is 0 Å². The number of halogens is 2. The van der Waals surface area contributed by atoms with E-state index in [1.807, 2.05) is 0 Å². The second-order valence-corrected chi connectivity index (χ2v) is 4.02. The van der Waals surface area contributed by atoms with Gasteiger partial charge in [0.2, 0.25) is 0 Å². The highest BCUT2D eigenvalue weighted by molar-refractivity contribution is 6.18. The van der Waals surface area contributed by atoms with E-state index in [0.29, 0.717) is 42.6 Å². The predicted molar refractivity (Wildman–Crippen MR) is 80.7 cm³/mol. The monoisotopic (exact) mass is 323 g/mol. The summed E-state index contributed by atoms with van der Waals surface area (Å²) in [5.41, 5.74) is 0.426. The molecular formula is C13H19Cl2NO4. The molecule has 1 rings (SSSR count). The fourth-order valence-electron chi connectivity index (χ4n) is 1.45. The summed E-state index contributed by atoms with van der Waals surface area (Å²) in [7, 11) is 3.06. The fourth-order valence-corrected chi connectivity index (χ4v) is 1.59. The van der Waals surface area contributed by atoms with Gasteiger partial charge in [0.1, 0.15) is 6.61 Å². The SMILES string of the molecule is COc1ccc(C(=O)OCCNCCCl)cc1OC.Cl. The van der Waals surface area contributed by atoms with Crippen molar-refractivity contribution in [2.45, 2.75) is 0 Å². The lowest BCUT2D eigenvalue weighted by Crippen LogP contribution is -2.23. The van der Waals surface area contributed by atoms with Gasteiger partial charge >= 0.3 is 5.97 Å². The minimum absolute atomic E-state index is 0. The molecule has 5 nitrogen and oxygen atoms in total. The largest absolute Gasteiger partial charge is 0.493 e. The average molecular weight is 324 g/mol. The number of carbonyl (C=O) groups is 1. The van der Waals surface area contributed by atoms with Gasteiger partial charge in [-0.25, -0.2) is 4.79 Å². The molecule has 1 aromatic rings. The first kappa shape index (κ1) is 18.8. The first-order chi connectivity index (χ1) is 9.22. The van der Waals surface area contributed by atoms with Crippen LogP contribution >= 0.6 is 24.0 Å². The Kier molecular flexibility index (Phi) is 9.98. The molecule has 1 aromatic carbocycles. The second-order valence-electron chi connectivity index (χ2n) is 3.64. The van der Waals surface area contributed by atoms with Gasteiger partial charge in [-0.2, -0.15) is 0 Å². The van der Waals surface area contributed by atoms with Crippen molar-refractivity contribution in [1.29, 1.82) is 0 Å². The summed E-state index contributed by atoms with van der Waals surface area (Å²) in [5.74, 6) is 1.21. The standard InChI is InChI=1S/C13H18ClNO4.ClH/c1-17-11-4-3-10(9-12(11)18-2)13(16)19-8-7-15-6-5-14;/h3-4,9,15H,5-8H2,1-2H3;1H. The minimum Gasteiger partial charge on any atom is -0.493 e. The van der Waals surface area contributed by atoms with Crippen molar-refractivity contribution >= 4 is 30.0 Å². The van der Waals surface area contributed by atoms with Crippen LogP contribution in [0.25, 0.3) is 0 Å². The van der Waals surface area contributed by atoms with Crippen molar-refractivity contribution < 1.29 is 19.0 Å². The van der Waals surface area contributed by atoms with Gasteiger partial charge in [0.25, 0.3) is 0 Å². The number of ether oxygens (including phenoxy) is 3. The summed E-state index contributed by atoms with van der Waals surface area (Å²) in [4.78, 5) is 11.8. The van der Waals surface area contributed by atoms with Crippen LogP contribution in [0.15, 0.2) is 18.2 Å². The lowest BCUT2D eigenvalue weighted by molar-refractivity contribution is 0.0508. The van der Waals surface area contributed by atoms with Crippen molar-refractivity contribution in [2.75, 3.05) is 39.8 Å². The van der Waals surface area contributed by atoms with Gasteiger partial charge < -0.3 is 19.5 Å². The summed E-state index contributed by atoms with van der Waals surface area (Å²) < 4.78 is 15.3. The number of esters is 1. The van der Waals surface area contributed by atoms with Crippen LogP contribution in [0, 0.1) is 0 Å². The molecule has 0 fully saturated rings. The lowest BCUT2D eigenvalue weighted by atomic mass is 10.2. The fraction of sp³-hybridized carbons (Fsp3) is 0.462. The van der Waals surface area contributed by atoms with Crippen LogP contribution in [0.2, 0.25) is 0 Å². The molecule has 0 heterocycles. The Morgan fingerprint density at radius 2 is 1.90 bits per heavy atom. The molecule has 1 N–H and O–H groups in total. The molecule has 20 heavy (non-hydrogen) atoms. The van der Waals surface area contributed by atoms with Gasteiger partial charge in [0, 0.05) is 19.0 Å². The third-order valence-corrected chi connectivity index (χ3v) is 2.59. The molecule has 0 spiro atoms. The highest BCUT2D eigenvalue weighted by Gasteiger charge is 2.11. The van der Waals surface area contributed by atoms with Crippen LogP contribution in [0.5, 0.6) is 11.5 Å². The maximum atomic E-state index is 11.8. The zero-order chi connectivity index (χ0) is 14.1. The third-order valence-electron chi connectivity index (χ3n) is 2.40. The quantitative estimate of drug-likeness (QED) is 0.451. The Hall–Kier alpha value is -1.17. The number of nitrogens with one attached hydrogen (secondary N) is 1. The van der Waals surface area contributed by atoms with E-state index in [9.17, 15) is 4.79 Å². The van der Waals surface area contributed by atoms with Crippen molar-refractivity contribution in [2.24, 2.45) is 0 Å². The highest BCUT2D eigenvalue weighted by atomic mass is 35.5. The Bertz CT molecular complexity index is 415. The van der Waals surface area contributed by atoms with Gasteiger partial charge in [-0.05, 0) is 18.2 Å². The summed E-state index contributed by atoms with van der Waals surface area (Å²) >= 11 is 5.50. The number of carbonyl (C=O) groups excluding carboxylic acids is 1. The molecule has 0 atom stereocenters. The van der Waals surface area contributed by atoms with E-state index in [4.69, 9.17) is 25.8 Å². The number of benzene rings is 1. The molecular weight excluding hydrogens is 305 g/mol. The van der Waals surface area contributed by atoms with Gasteiger partial charge in [0.15, 0.2) is 11.5 Å². The van der Waals surface area contributed by atoms with Crippen molar-refractivity contribution in [3.8, 4) is 11.5 Å². The third kappa shape index (κ3) is 5.86. The molecule has 114 valence electrons. The molecule has 0 aromatic heterocycles. The molecule has 0 saturated carbocycles. The summed E-state index contributed by atoms with van der Waals surface area (Å²) in [6.07, 6.45) is 0. The number of alkyl halides is 1. The van der Waals surface area contributed by atoms with Gasteiger partial charge in [-0.3, -0.25) is 0 Å². The molecule has 0 unspecified atom stereocenters. The predicted octanol–water partition coefficient (Wildman–Crippen LogP) is 2.11. The van der Waals surface area contributed by atoms with Gasteiger partial charge in [-0.15, -0.1) is 24.0 Å². The highest BCUT2D eigenvalue weighted by Crippen LogP contribution is 2.27. The molecule has 0 aliphatic heterocycles. The van der Waals surface area contributed by atoms with Crippen molar-refractivity contribution in [1.82, 2.24) is 5.32 Å². The maximum absolute atomic E-state index is 11.8. The smallest absolute Gasteiger partial charge is 0.338 e. The normalized spacial score (nSPS) is 9.55. The maximum Gasteiger partial charge on any atom is 0.338 e. The summed E-state index contributed by atoms with van der Waals surface area (Å²) in [6, 6.07) is 4.89. The van der Waals surface area contributed by atoms with Crippen LogP contribution in [0.1, 0.15) is 10.4 Å². The van der Waals surface area contributed by atoms with Crippen LogP contribution < -0.4 is 14.8 Å². The van der Waals surface area contributed by atoms with Crippen LogP contribution in [0.3, 0.4) is 0 Å². The Balaban J connectivity index is 0.00000361. The Labute approximate surface area is 129 Å². The number of methoxy groups -OCH3 is 2. The van der Waals surface area contributed by atoms with Crippen molar-refractivity contribution in [3.05, 3.63) is 23.8 Å². The van der Waals surface area contributed by atoms with Crippen LogP contribution in [0.4, 0.5) is 0 Å². The number of rotatable bonds is 8. The van der Waals surface area contributed by atoms with E-state index in [1.165, 1.54) is 7.11 Å². The number of hydrogen-bond donors (Lipinski definition) is 1. The zero-order valence-corrected chi connectivity index (χ0v) is 13.1. The van der Waals surface area contributed by atoms with Crippen LogP contribution in [-0.4, -0.2) is 45.8 Å². The van der Waals surface area contributed by atoms with Gasteiger partial charge in [0.05, 0.1) is 19.8 Å². The lowest BCUT2D eigenvalue weighted by Gasteiger charge is -2.09. The molecule has 0 saturated heterocycles. The van der Waals surface area contributed by atoms with Crippen LogP contribution in [-0.2, 0) is 4.74 Å². The van der Waals surface area contributed by atoms with E-state index in [0.717, 1.165) is 0 Å². The molecule has 0 amide bonds. The molecule has 0 radical (unpaired) electrons. The second kappa shape index (κ2) is 10.6. The topological polar surface area (TPSA) is 56.8 Å². The van der Waals surface area contributed by atoms with Crippen molar-refractivity contribution in [3.63, 3.8) is 0 Å². The Morgan fingerprint density at radius 3 is 2.50 bits per heavy atom. The van der Waals surface area contributed by atoms with E-state index in [-0.39, 0.29) is 12.4 Å². The first-order valence-electron chi connectivity index (χ1n) is 5.88. The zero-order valence-electron chi connectivity index (χ0n) is 11.5. The minimum atomic E-state index is -0.395. The molecule has 0 bridgehead atoms. The van der Waals surface area contributed by atoms with Gasteiger partial charge in [-0.1, -0.05) is 0 Å². The van der Waals surface area contributed by atoms with E-state index < -0.39 is 5.97 Å².